The van der Waals surface area contributed by atoms with Gasteiger partial charge in [0.05, 0.1) is 12.2 Å². The second kappa shape index (κ2) is 11.5. The van der Waals surface area contributed by atoms with E-state index in [2.05, 4.69) is 0 Å². The number of carbonyl (C=O) groups is 1. The molecule has 0 spiro atoms. The van der Waals surface area contributed by atoms with Crippen LogP contribution in [0.4, 0.5) is 0 Å². The molecule has 0 radical (unpaired) electrons. The van der Waals surface area contributed by atoms with E-state index in [0.29, 0.717) is 0 Å². The maximum Gasteiger partial charge on any atom is 0.338 e. The van der Waals surface area contributed by atoms with E-state index in [9.17, 15) is 55.9 Å². The standard InChI is InChI=1S/C28H28O15/c29-9-21-23(36)24(37)25(38)28(43-21)42-19-5-11(4-17(34)22(19)35)27(39)41-20-8-13-15(32)6-12(30)7-18(13)40-26(20)10-1-2-14(31)16(33)3-10/h1-7,20-21,23-26,28-38H,8-9H2/t20?,21-,23-,24+,25-,26?,28+/m1/s1. The number of esters is 1. The Hall–Kier alpha value is -4.67. The van der Waals surface area contributed by atoms with Crippen LogP contribution in [0.2, 0.25) is 0 Å². The van der Waals surface area contributed by atoms with Crippen molar-refractivity contribution in [2.75, 3.05) is 6.61 Å². The predicted molar refractivity (Wildman–Crippen MR) is 140 cm³/mol. The van der Waals surface area contributed by atoms with Crippen molar-refractivity contribution >= 4 is 5.97 Å². The summed E-state index contributed by atoms with van der Waals surface area (Å²) in [6.07, 6.45) is -10.9. The largest absolute Gasteiger partial charge is 0.508 e. The van der Waals surface area contributed by atoms with Crippen LogP contribution >= 0.6 is 0 Å². The summed E-state index contributed by atoms with van der Waals surface area (Å²) in [7, 11) is 0. The minimum atomic E-state index is -1.86. The number of ether oxygens (including phenoxy) is 4. The number of aromatic hydroxyl groups is 6. The van der Waals surface area contributed by atoms with Crippen molar-refractivity contribution in [3.63, 3.8) is 0 Å². The van der Waals surface area contributed by atoms with Crippen LogP contribution in [0.3, 0.4) is 0 Å². The van der Waals surface area contributed by atoms with Crippen LogP contribution in [0.15, 0.2) is 42.5 Å². The van der Waals surface area contributed by atoms with E-state index in [4.69, 9.17) is 18.9 Å². The highest BCUT2D eigenvalue weighted by atomic mass is 16.7. The van der Waals surface area contributed by atoms with Gasteiger partial charge in [0, 0.05) is 29.7 Å². The van der Waals surface area contributed by atoms with Crippen LogP contribution in [0, 0.1) is 0 Å². The van der Waals surface area contributed by atoms with E-state index >= 15 is 0 Å². The van der Waals surface area contributed by atoms with Crippen molar-refractivity contribution in [1.82, 2.24) is 0 Å². The highest BCUT2D eigenvalue weighted by Gasteiger charge is 2.45. The Kier molecular flexibility index (Phi) is 8.00. The van der Waals surface area contributed by atoms with Gasteiger partial charge in [-0.25, -0.2) is 4.79 Å². The maximum atomic E-state index is 13.3. The lowest BCUT2D eigenvalue weighted by Crippen LogP contribution is -2.60. The average molecular weight is 605 g/mol. The van der Waals surface area contributed by atoms with Crippen molar-refractivity contribution in [3.05, 3.63) is 59.2 Å². The number of phenolic OH excluding ortho intramolecular Hbond substituents is 6. The lowest BCUT2D eigenvalue weighted by Gasteiger charge is -2.39. The topological polar surface area (TPSA) is 256 Å². The summed E-state index contributed by atoms with van der Waals surface area (Å²) in [5.74, 6) is -4.87. The smallest absolute Gasteiger partial charge is 0.338 e. The van der Waals surface area contributed by atoms with Gasteiger partial charge in [-0.3, -0.25) is 0 Å². The van der Waals surface area contributed by atoms with Gasteiger partial charge in [-0.15, -0.1) is 0 Å². The number of aliphatic hydroxyl groups excluding tert-OH is 4. The normalized spacial score (nSPS) is 26.7. The second-order valence-corrected chi connectivity index (χ2v) is 10.0. The van der Waals surface area contributed by atoms with Gasteiger partial charge in [0.15, 0.2) is 29.1 Å². The number of hydrogen-bond acceptors (Lipinski definition) is 15. The fourth-order valence-electron chi connectivity index (χ4n) is 4.85. The monoisotopic (exact) mass is 604 g/mol. The molecule has 7 atom stereocenters. The molecule has 2 aliphatic rings. The average Bonchev–Trinajstić information content (AvgIpc) is 2.96. The third kappa shape index (κ3) is 5.71. The summed E-state index contributed by atoms with van der Waals surface area (Å²) in [5, 5.41) is 100. The Bertz CT molecular complexity index is 1520. The van der Waals surface area contributed by atoms with Gasteiger partial charge >= 0.3 is 5.97 Å². The minimum absolute atomic E-state index is 0.0693. The molecular formula is C28H28O15. The van der Waals surface area contributed by atoms with Gasteiger partial charge in [0.25, 0.3) is 0 Å². The van der Waals surface area contributed by atoms with Crippen molar-refractivity contribution < 1.29 is 74.8 Å². The lowest BCUT2D eigenvalue weighted by atomic mass is 9.93. The number of rotatable bonds is 6. The van der Waals surface area contributed by atoms with Crippen molar-refractivity contribution in [2.45, 2.75) is 49.3 Å². The zero-order valence-corrected chi connectivity index (χ0v) is 22.0. The van der Waals surface area contributed by atoms with E-state index < -0.39 is 84.2 Å². The zero-order chi connectivity index (χ0) is 31.2. The first-order chi connectivity index (χ1) is 20.4. The molecule has 2 heterocycles. The Morgan fingerprint density at radius 3 is 2.28 bits per heavy atom. The first-order valence-corrected chi connectivity index (χ1v) is 12.9. The SMILES string of the molecule is O=C(OC1Cc2c(O)cc(O)cc2OC1c1ccc(O)c(O)c1)c1cc(O)c(O)c(O[C@H]2O[C@H](CO)[C@@H](O)[C@H](O)[C@H]2O)c1. The molecule has 10 N–H and O–H groups in total. The fraction of sp³-hybridized carbons (Fsp3) is 0.321. The van der Waals surface area contributed by atoms with Crippen LogP contribution in [0.1, 0.15) is 27.6 Å². The van der Waals surface area contributed by atoms with E-state index in [1.54, 1.807) is 0 Å². The molecule has 0 aliphatic carbocycles. The molecule has 3 aromatic carbocycles. The minimum Gasteiger partial charge on any atom is -0.508 e. The van der Waals surface area contributed by atoms with Crippen LogP contribution in [0.5, 0.6) is 46.0 Å². The molecule has 2 aliphatic heterocycles. The van der Waals surface area contributed by atoms with E-state index in [1.807, 2.05) is 0 Å². The highest BCUT2D eigenvalue weighted by molar-refractivity contribution is 5.91. The summed E-state index contributed by atoms with van der Waals surface area (Å²) in [4.78, 5) is 13.3. The predicted octanol–water partition coefficient (Wildman–Crippen LogP) is 0.000700. The molecule has 43 heavy (non-hydrogen) atoms. The van der Waals surface area contributed by atoms with Gasteiger partial charge < -0.3 is 70.0 Å². The van der Waals surface area contributed by atoms with Gasteiger partial charge in [-0.05, 0) is 24.3 Å². The Labute approximate surface area is 242 Å². The molecule has 5 rings (SSSR count). The van der Waals surface area contributed by atoms with Gasteiger partial charge in [0.1, 0.15) is 47.8 Å². The van der Waals surface area contributed by atoms with Gasteiger partial charge in [0.2, 0.25) is 12.0 Å². The molecule has 0 aromatic heterocycles. The molecule has 15 heteroatoms. The van der Waals surface area contributed by atoms with Gasteiger partial charge in [-0.1, -0.05) is 6.07 Å². The molecule has 15 nitrogen and oxygen atoms in total. The molecule has 230 valence electrons. The van der Waals surface area contributed by atoms with E-state index in [1.165, 1.54) is 24.3 Å². The second-order valence-electron chi connectivity index (χ2n) is 10.0. The summed E-state index contributed by atoms with van der Waals surface area (Å²) in [6, 6.07) is 7.85. The number of hydrogen-bond donors (Lipinski definition) is 10. The third-order valence-corrected chi connectivity index (χ3v) is 7.14. The molecule has 1 saturated heterocycles. The lowest BCUT2D eigenvalue weighted by molar-refractivity contribution is -0.277. The molecule has 3 aromatic rings. The molecule has 0 bridgehead atoms. The number of carbonyl (C=O) groups excluding carboxylic acids is 1. The molecule has 0 saturated carbocycles. The number of phenols is 6. The summed E-state index contributed by atoms with van der Waals surface area (Å²) < 4.78 is 22.2. The van der Waals surface area contributed by atoms with Crippen LogP contribution < -0.4 is 9.47 Å². The van der Waals surface area contributed by atoms with Gasteiger partial charge in [-0.2, -0.15) is 0 Å². The summed E-state index contributed by atoms with van der Waals surface area (Å²) in [6.45, 7) is -0.754. The summed E-state index contributed by atoms with van der Waals surface area (Å²) in [5.41, 5.74) is 0.0692. The summed E-state index contributed by atoms with van der Waals surface area (Å²) >= 11 is 0. The fourth-order valence-corrected chi connectivity index (χ4v) is 4.85. The molecule has 1 fully saturated rings. The molecule has 2 unspecified atom stereocenters. The Balaban J connectivity index is 1.44. The van der Waals surface area contributed by atoms with E-state index in [0.717, 1.165) is 18.2 Å². The van der Waals surface area contributed by atoms with Crippen molar-refractivity contribution in [1.29, 1.82) is 0 Å². The maximum absolute atomic E-state index is 13.3. The Morgan fingerprint density at radius 1 is 0.837 bits per heavy atom. The van der Waals surface area contributed by atoms with Crippen molar-refractivity contribution in [2.24, 2.45) is 0 Å². The number of benzene rings is 3. The first-order valence-electron chi connectivity index (χ1n) is 12.9. The van der Waals surface area contributed by atoms with E-state index in [-0.39, 0.29) is 40.4 Å². The molecule has 0 amide bonds. The Morgan fingerprint density at radius 2 is 1.58 bits per heavy atom. The number of aliphatic hydroxyl groups is 4. The van der Waals surface area contributed by atoms with Crippen molar-refractivity contribution in [3.8, 4) is 46.0 Å². The highest BCUT2D eigenvalue weighted by Crippen LogP contribution is 2.44. The molecular weight excluding hydrogens is 576 g/mol. The number of fused-ring (bicyclic) bond motifs is 1. The van der Waals surface area contributed by atoms with Crippen LogP contribution in [-0.4, -0.2) is 100 Å². The van der Waals surface area contributed by atoms with Crippen LogP contribution in [0.25, 0.3) is 0 Å². The third-order valence-electron chi connectivity index (χ3n) is 7.14. The quantitative estimate of drug-likeness (QED) is 0.131. The zero-order valence-electron chi connectivity index (χ0n) is 22.0. The van der Waals surface area contributed by atoms with Crippen LogP contribution in [-0.2, 0) is 15.9 Å². The first kappa shape index (κ1) is 29.8.